The molecule has 1 rings (SSSR count). The van der Waals surface area contributed by atoms with E-state index in [0.29, 0.717) is 0 Å². The summed E-state index contributed by atoms with van der Waals surface area (Å²) in [5.74, 6) is -0.783. The van der Waals surface area contributed by atoms with Crippen LogP contribution in [-0.4, -0.2) is 15.9 Å². The number of halogens is 6. The van der Waals surface area contributed by atoms with Crippen molar-refractivity contribution in [2.24, 2.45) is 5.92 Å². The Morgan fingerprint density at radius 1 is 1.18 bits per heavy atom. The van der Waals surface area contributed by atoms with E-state index in [2.05, 4.69) is 10.6 Å². The van der Waals surface area contributed by atoms with Crippen molar-refractivity contribution in [1.82, 2.24) is 5.32 Å². The highest BCUT2D eigenvalue weighted by Crippen LogP contribution is 2.33. The van der Waals surface area contributed by atoms with Gasteiger partial charge in [0.2, 0.25) is 9.70 Å². The van der Waals surface area contributed by atoms with Gasteiger partial charge < -0.3 is 10.6 Å². The molecule has 0 spiro atoms. The van der Waals surface area contributed by atoms with E-state index in [1.54, 1.807) is 13.8 Å². The molecule has 3 nitrogen and oxygen atoms in total. The number of benzene rings is 1. The standard InChI is InChI=1S/C13H14Cl3F3N2O/c1-7(2)10(22)21-11(12(14,15)16)20-9-5-3-4-8(6-9)13(17,18)19/h3-7,11,20H,1-2H3,(H,21,22). The number of hydrogen-bond acceptors (Lipinski definition) is 2. The van der Waals surface area contributed by atoms with Crippen molar-refractivity contribution in [2.75, 3.05) is 5.32 Å². The van der Waals surface area contributed by atoms with Crippen molar-refractivity contribution >= 4 is 46.4 Å². The molecule has 1 atom stereocenters. The summed E-state index contributed by atoms with van der Waals surface area (Å²) in [6.07, 6.45) is -5.68. The van der Waals surface area contributed by atoms with E-state index in [-0.39, 0.29) is 11.6 Å². The summed E-state index contributed by atoms with van der Waals surface area (Å²) < 4.78 is 36.1. The first kappa shape index (κ1) is 19.2. The molecule has 0 aliphatic rings. The van der Waals surface area contributed by atoms with Crippen LogP contribution in [0.2, 0.25) is 0 Å². The third-order valence-electron chi connectivity index (χ3n) is 2.64. The zero-order valence-electron chi connectivity index (χ0n) is 11.6. The SMILES string of the molecule is CC(C)C(=O)NC(Nc1cccc(C(F)(F)F)c1)C(Cl)(Cl)Cl. The van der Waals surface area contributed by atoms with Crippen molar-refractivity contribution in [1.29, 1.82) is 0 Å². The molecule has 2 N–H and O–H groups in total. The van der Waals surface area contributed by atoms with Gasteiger partial charge in [0.1, 0.15) is 6.17 Å². The lowest BCUT2D eigenvalue weighted by Crippen LogP contribution is -2.50. The monoisotopic (exact) mass is 376 g/mol. The molecule has 1 unspecified atom stereocenters. The number of nitrogens with one attached hydrogen (secondary N) is 2. The van der Waals surface area contributed by atoms with Gasteiger partial charge in [-0.15, -0.1) is 0 Å². The molecule has 1 aromatic carbocycles. The molecule has 124 valence electrons. The molecular weight excluding hydrogens is 364 g/mol. The Labute approximate surface area is 141 Å². The van der Waals surface area contributed by atoms with Crippen molar-refractivity contribution in [3.05, 3.63) is 29.8 Å². The molecule has 0 saturated carbocycles. The zero-order valence-corrected chi connectivity index (χ0v) is 13.9. The molecule has 1 amide bonds. The van der Waals surface area contributed by atoms with Crippen LogP contribution in [-0.2, 0) is 11.0 Å². The largest absolute Gasteiger partial charge is 0.416 e. The highest BCUT2D eigenvalue weighted by atomic mass is 35.6. The minimum Gasteiger partial charge on any atom is -0.362 e. The molecule has 0 aliphatic carbocycles. The lowest BCUT2D eigenvalue weighted by atomic mass is 10.2. The topological polar surface area (TPSA) is 41.1 Å². The number of carbonyl (C=O) groups is 1. The molecule has 0 aromatic heterocycles. The summed E-state index contributed by atoms with van der Waals surface area (Å²) in [5, 5.41) is 5.03. The first-order valence-electron chi connectivity index (χ1n) is 6.22. The molecule has 0 bridgehead atoms. The fourth-order valence-electron chi connectivity index (χ4n) is 1.46. The third-order valence-corrected chi connectivity index (χ3v) is 3.29. The molecule has 0 aliphatic heterocycles. The molecular formula is C13H14Cl3F3N2O. The van der Waals surface area contributed by atoms with Gasteiger partial charge in [0.15, 0.2) is 0 Å². The van der Waals surface area contributed by atoms with Crippen molar-refractivity contribution in [2.45, 2.75) is 30.0 Å². The van der Waals surface area contributed by atoms with Crippen LogP contribution in [0.15, 0.2) is 24.3 Å². The van der Waals surface area contributed by atoms with Crippen molar-refractivity contribution in [3.8, 4) is 0 Å². The maximum absolute atomic E-state index is 12.7. The number of alkyl halides is 6. The van der Waals surface area contributed by atoms with Crippen LogP contribution in [0.3, 0.4) is 0 Å². The van der Waals surface area contributed by atoms with Gasteiger partial charge in [-0.05, 0) is 18.2 Å². The smallest absolute Gasteiger partial charge is 0.362 e. The lowest BCUT2D eigenvalue weighted by molar-refractivity contribution is -0.137. The van der Waals surface area contributed by atoms with E-state index in [1.807, 2.05) is 0 Å². The minimum atomic E-state index is -4.49. The summed E-state index contributed by atoms with van der Waals surface area (Å²) in [5.41, 5.74) is -0.786. The molecule has 22 heavy (non-hydrogen) atoms. The van der Waals surface area contributed by atoms with Gasteiger partial charge >= 0.3 is 6.18 Å². The van der Waals surface area contributed by atoms with Crippen LogP contribution >= 0.6 is 34.8 Å². The summed E-state index contributed by atoms with van der Waals surface area (Å²) in [7, 11) is 0. The van der Waals surface area contributed by atoms with Crippen LogP contribution in [0, 0.1) is 5.92 Å². The molecule has 0 heterocycles. The minimum absolute atomic E-state index is 0.0650. The molecule has 0 saturated heterocycles. The second kappa shape index (κ2) is 7.15. The summed E-state index contributed by atoms with van der Waals surface area (Å²) >= 11 is 17.3. The number of carbonyl (C=O) groups excluding carboxylic acids is 1. The normalized spacial score (nSPS) is 13.9. The Morgan fingerprint density at radius 2 is 1.77 bits per heavy atom. The summed E-state index contributed by atoms with van der Waals surface area (Å²) in [6, 6.07) is 4.37. The predicted molar refractivity (Wildman–Crippen MR) is 82.1 cm³/mol. The maximum atomic E-state index is 12.7. The fourth-order valence-corrected chi connectivity index (χ4v) is 1.79. The van der Waals surface area contributed by atoms with Crippen LogP contribution in [0.5, 0.6) is 0 Å². The van der Waals surface area contributed by atoms with Crippen LogP contribution < -0.4 is 10.6 Å². The number of hydrogen-bond donors (Lipinski definition) is 2. The Kier molecular flexibility index (Phi) is 6.24. The fraction of sp³-hybridized carbons (Fsp3) is 0.462. The van der Waals surface area contributed by atoms with E-state index in [9.17, 15) is 18.0 Å². The van der Waals surface area contributed by atoms with Gasteiger partial charge in [0.25, 0.3) is 0 Å². The average Bonchev–Trinajstić information content (AvgIpc) is 2.36. The third kappa shape index (κ3) is 5.74. The maximum Gasteiger partial charge on any atom is 0.416 e. The summed E-state index contributed by atoms with van der Waals surface area (Å²) in [6.45, 7) is 3.27. The molecule has 1 aromatic rings. The molecule has 0 fully saturated rings. The Balaban J connectivity index is 2.98. The van der Waals surface area contributed by atoms with Crippen LogP contribution in [0.4, 0.5) is 18.9 Å². The van der Waals surface area contributed by atoms with Crippen LogP contribution in [0.25, 0.3) is 0 Å². The second-order valence-corrected chi connectivity index (χ2v) is 7.23. The Bertz CT molecular complexity index is 530. The molecule has 0 radical (unpaired) electrons. The van der Waals surface area contributed by atoms with Gasteiger partial charge in [-0.2, -0.15) is 13.2 Å². The number of anilines is 1. The average molecular weight is 378 g/mol. The summed E-state index contributed by atoms with van der Waals surface area (Å²) in [4.78, 5) is 11.7. The lowest BCUT2D eigenvalue weighted by Gasteiger charge is -2.28. The van der Waals surface area contributed by atoms with E-state index in [1.165, 1.54) is 12.1 Å². The van der Waals surface area contributed by atoms with E-state index >= 15 is 0 Å². The van der Waals surface area contributed by atoms with Gasteiger partial charge in [-0.3, -0.25) is 4.79 Å². The van der Waals surface area contributed by atoms with E-state index in [4.69, 9.17) is 34.8 Å². The first-order chi connectivity index (χ1) is 9.91. The second-order valence-electron chi connectivity index (χ2n) is 4.86. The zero-order chi connectivity index (χ0) is 17.1. The van der Waals surface area contributed by atoms with Crippen molar-refractivity contribution < 1.29 is 18.0 Å². The predicted octanol–water partition coefficient (Wildman–Crippen LogP) is 4.59. The van der Waals surface area contributed by atoms with E-state index < -0.39 is 27.6 Å². The Hall–Kier alpha value is -0.850. The number of amides is 1. The van der Waals surface area contributed by atoms with Crippen molar-refractivity contribution in [3.63, 3.8) is 0 Å². The first-order valence-corrected chi connectivity index (χ1v) is 7.35. The highest BCUT2D eigenvalue weighted by molar-refractivity contribution is 6.68. The molecule has 9 heteroatoms. The van der Waals surface area contributed by atoms with Crippen LogP contribution in [0.1, 0.15) is 19.4 Å². The quantitative estimate of drug-likeness (QED) is 0.595. The van der Waals surface area contributed by atoms with Gasteiger partial charge in [0, 0.05) is 11.6 Å². The van der Waals surface area contributed by atoms with Gasteiger partial charge in [-0.25, -0.2) is 0 Å². The van der Waals surface area contributed by atoms with Gasteiger partial charge in [-0.1, -0.05) is 54.7 Å². The van der Waals surface area contributed by atoms with Gasteiger partial charge in [0.05, 0.1) is 5.56 Å². The van der Waals surface area contributed by atoms with E-state index in [0.717, 1.165) is 12.1 Å². The number of rotatable bonds is 4. The highest BCUT2D eigenvalue weighted by Gasteiger charge is 2.35. The Morgan fingerprint density at radius 3 is 2.23 bits per heavy atom.